The minimum atomic E-state index is -0.192. The maximum Gasteiger partial charge on any atom is 0.253 e. The average Bonchev–Trinajstić information content (AvgIpc) is 2.70. The van der Waals surface area contributed by atoms with Crippen LogP contribution in [0, 0.1) is 0 Å². The van der Waals surface area contributed by atoms with E-state index in [9.17, 15) is 4.79 Å². The number of fused-ring (bicyclic) bond motifs is 1. The number of pyridine rings is 1. The molecule has 0 fully saturated rings. The van der Waals surface area contributed by atoms with Crippen LogP contribution in [0.2, 0.25) is 0 Å². The fraction of sp³-hybridized carbons (Fsp3) is 0.200. The molecule has 134 valence electrons. The lowest BCUT2D eigenvalue weighted by Gasteiger charge is -2.14. The van der Waals surface area contributed by atoms with Crippen molar-refractivity contribution in [3.05, 3.63) is 59.8 Å². The highest BCUT2D eigenvalue weighted by Crippen LogP contribution is 2.38. The molecule has 0 radical (unpaired) electrons. The summed E-state index contributed by atoms with van der Waals surface area (Å²) in [6.45, 7) is 0.318. The van der Waals surface area contributed by atoms with E-state index in [4.69, 9.17) is 14.2 Å². The summed E-state index contributed by atoms with van der Waals surface area (Å²) < 4.78 is 16.0. The van der Waals surface area contributed by atoms with E-state index < -0.39 is 0 Å². The zero-order valence-corrected chi connectivity index (χ0v) is 14.9. The topological polar surface area (TPSA) is 69.7 Å². The van der Waals surface area contributed by atoms with Crippen LogP contribution < -0.4 is 19.5 Å². The molecule has 0 spiro atoms. The van der Waals surface area contributed by atoms with Crippen LogP contribution in [0.25, 0.3) is 10.9 Å². The van der Waals surface area contributed by atoms with E-state index in [0.29, 0.717) is 34.9 Å². The number of ether oxygens (including phenoxy) is 3. The van der Waals surface area contributed by atoms with Gasteiger partial charge in [0, 0.05) is 18.1 Å². The minimum Gasteiger partial charge on any atom is -0.493 e. The summed E-state index contributed by atoms with van der Waals surface area (Å²) in [6, 6.07) is 12.9. The molecule has 6 nitrogen and oxygen atoms in total. The van der Waals surface area contributed by atoms with Gasteiger partial charge in [-0.15, -0.1) is 0 Å². The number of nitrogens with zero attached hydrogens (tertiary/aromatic N) is 1. The number of benzene rings is 2. The van der Waals surface area contributed by atoms with Crippen molar-refractivity contribution in [3.63, 3.8) is 0 Å². The lowest BCUT2D eigenvalue weighted by atomic mass is 10.1. The molecular formula is C20H20N2O4. The quantitative estimate of drug-likeness (QED) is 0.738. The van der Waals surface area contributed by atoms with E-state index in [1.807, 2.05) is 36.4 Å². The standard InChI is InChI=1S/C20H20N2O4/c1-24-16-10-13(11-17(25-2)19(16)26-3)12-22-20(23)15-8-4-6-14-7-5-9-21-18(14)15/h4-11H,12H2,1-3H3,(H,22,23). The first-order chi connectivity index (χ1) is 12.7. The summed E-state index contributed by atoms with van der Waals surface area (Å²) in [5.41, 5.74) is 2.05. The van der Waals surface area contributed by atoms with Crippen molar-refractivity contribution in [2.24, 2.45) is 0 Å². The Hall–Kier alpha value is -3.28. The number of amides is 1. The van der Waals surface area contributed by atoms with Crippen molar-refractivity contribution in [1.29, 1.82) is 0 Å². The number of aromatic nitrogens is 1. The number of nitrogens with one attached hydrogen (secondary N) is 1. The van der Waals surface area contributed by atoms with Crippen LogP contribution in [-0.2, 0) is 6.54 Å². The van der Waals surface area contributed by atoms with Crippen molar-refractivity contribution >= 4 is 16.8 Å². The first kappa shape index (κ1) is 17.5. The Morgan fingerprint density at radius 2 is 1.69 bits per heavy atom. The van der Waals surface area contributed by atoms with Gasteiger partial charge < -0.3 is 19.5 Å². The van der Waals surface area contributed by atoms with Crippen LogP contribution in [-0.4, -0.2) is 32.2 Å². The van der Waals surface area contributed by atoms with E-state index in [0.717, 1.165) is 10.9 Å². The van der Waals surface area contributed by atoms with E-state index in [-0.39, 0.29) is 5.91 Å². The van der Waals surface area contributed by atoms with E-state index in [1.54, 1.807) is 33.6 Å². The summed E-state index contributed by atoms with van der Waals surface area (Å²) in [7, 11) is 4.66. The van der Waals surface area contributed by atoms with E-state index in [2.05, 4.69) is 10.3 Å². The average molecular weight is 352 g/mol. The zero-order valence-electron chi connectivity index (χ0n) is 14.9. The maximum atomic E-state index is 12.6. The van der Waals surface area contributed by atoms with Gasteiger partial charge in [0.15, 0.2) is 11.5 Å². The van der Waals surface area contributed by atoms with Crippen molar-refractivity contribution in [2.45, 2.75) is 6.54 Å². The Labute approximate surface area is 151 Å². The van der Waals surface area contributed by atoms with Gasteiger partial charge in [0.25, 0.3) is 5.91 Å². The molecule has 0 unspecified atom stereocenters. The van der Waals surface area contributed by atoms with Crippen LogP contribution >= 0.6 is 0 Å². The summed E-state index contributed by atoms with van der Waals surface area (Å²) in [4.78, 5) is 16.9. The molecule has 26 heavy (non-hydrogen) atoms. The number of hydrogen-bond acceptors (Lipinski definition) is 5. The molecule has 6 heteroatoms. The zero-order chi connectivity index (χ0) is 18.5. The number of para-hydroxylation sites is 1. The normalized spacial score (nSPS) is 10.4. The molecular weight excluding hydrogens is 332 g/mol. The van der Waals surface area contributed by atoms with Gasteiger partial charge in [0.2, 0.25) is 5.75 Å². The van der Waals surface area contributed by atoms with Crippen LogP contribution in [0.5, 0.6) is 17.2 Å². The van der Waals surface area contributed by atoms with Crippen LogP contribution in [0.15, 0.2) is 48.7 Å². The second-order valence-corrected chi connectivity index (χ2v) is 5.60. The molecule has 0 bridgehead atoms. The summed E-state index contributed by atoms with van der Waals surface area (Å²) in [5.74, 6) is 1.41. The molecule has 1 heterocycles. The van der Waals surface area contributed by atoms with Gasteiger partial charge in [-0.05, 0) is 29.8 Å². The summed E-state index contributed by atoms with van der Waals surface area (Å²) in [5, 5.41) is 3.84. The maximum absolute atomic E-state index is 12.6. The van der Waals surface area contributed by atoms with Gasteiger partial charge in [-0.2, -0.15) is 0 Å². The smallest absolute Gasteiger partial charge is 0.253 e. The molecule has 0 aliphatic heterocycles. The molecule has 1 amide bonds. The van der Waals surface area contributed by atoms with Crippen molar-refractivity contribution < 1.29 is 19.0 Å². The number of rotatable bonds is 6. The summed E-state index contributed by atoms with van der Waals surface area (Å²) >= 11 is 0. The fourth-order valence-corrected chi connectivity index (χ4v) is 2.80. The predicted molar refractivity (Wildman–Crippen MR) is 99.0 cm³/mol. The Morgan fingerprint density at radius 3 is 2.35 bits per heavy atom. The Bertz CT molecular complexity index is 910. The largest absolute Gasteiger partial charge is 0.493 e. The lowest BCUT2D eigenvalue weighted by Crippen LogP contribution is -2.23. The molecule has 0 saturated heterocycles. The van der Waals surface area contributed by atoms with Gasteiger partial charge in [-0.25, -0.2) is 0 Å². The van der Waals surface area contributed by atoms with Gasteiger partial charge in [-0.1, -0.05) is 18.2 Å². The third-order valence-electron chi connectivity index (χ3n) is 4.05. The third kappa shape index (κ3) is 3.39. The van der Waals surface area contributed by atoms with Crippen LogP contribution in [0.3, 0.4) is 0 Å². The number of carbonyl (C=O) groups excluding carboxylic acids is 1. The fourth-order valence-electron chi connectivity index (χ4n) is 2.80. The number of methoxy groups -OCH3 is 3. The SMILES string of the molecule is COc1cc(CNC(=O)c2cccc3cccnc23)cc(OC)c1OC. The molecule has 0 aliphatic rings. The molecule has 2 aromatic carbocycles. The molecule has 0 atom stereocenters. The summed E-state index contributed by atoms with van der Waals surface area (Å²) in [6.07, 6.45) is 1.68. The first-order valence-electron chi connectivity index (χ1n) is 8.08. The third-order valence-corrected chi connectivity index (χ3v) is 4.05. The highest BCUT2D eigenvalue weighted by atomic mass is 16.5. The molecule has 0 aliphatic carbocycles. The molecule has 1 N–H and O–H groups in total. The number of carbonyl (C=O) groups is 1. The highest BCUT2D eigenvalue weighted by molar-refractivity contribution is 6.05. The van der Waals surface area contributed by atoms with E-state index in [1.165, 1.54) is 0 Å². The van der Waals surface area contributed by atoms with Gasteiger partial charge >= 0.3 is 0 Å². The Morgan fingerprint density at radius 1 is 1.00 bits per heavy atom. The van der Waals surface area contributed by atoms with Crippen molar-refractivity contribution in [3.8, 4) is 17.2 Å². The Kier molecular flexibility index (Phi) is 5.22. The predicted octanol–water partition coefficient (Wildman–Crippen LogP) is 3.19. The van der Waals surface area contributed by atoms with Crippen LogP contribution in [0.1, 0.15) is 15.9 Å². The van der Waals surface area contributed by atoms with Gasteiger partial charge in [-0.3, -0.25) is 9.78 Å². The highest BCUT2D eigenvalue weighted by Gasteiger charge is 2.15. The molecule has 3 rings (SSSR count). The Balaban J connectivity index is 1.83. The molecule has 3 aromatic rings. The second kappa shape index (κ2) is 7.74. The molecule has 0 saturated carbocycles. The van der Waals surface area contributed by atoms with E-state index >= 15 is 0 Å². The van der Waals surface area contributed by atoms with Gasteiger partial charge in [0.05, 0.1) is 32.4 Å². The lowest BCUT2D eigenvalue weighted by molar-refractivity contribution is 0.0952. The van der Waals surface area contributed by atoms with Crippen molar-refractivity contribution in [2.75, 3.05) is 21.3 Å². The monoisotopic (exact) mass is 352 g/mol. The second-order valence-electron chi connectivity index (χ2n) is 5.60. The minimum absolute atomic E-state index is 0.192. The molecule has 1 aromatic heterocycles. The van der Waals surface area contributed by atoms with Crippen LogP contribution in [0.4, 0.5) is 0 Å². The van der Waals surface area contributed by atoms with Gasteiger partial charge in [0.1, 0.15) is 0 Å². The first-order valence-corrected chi connectivity index (χ1v) is 8.08. The number of hydrogen-bond donors (Lipinski definition) is 1. The van der Waals surface area contributed by atoms with Crippen molar-refractivity contribution in [1.82, 2.24) is 10.3 Å².